The summed E-state index contributed by atoms with van der Waals surface area (Å²) < 4.78 is 7.34. The monoisotopic (exact) mass is 323 g/mol. The Morgan fingerprint density at radius 3 is 2.77 bits per heavy atom. The van der Waals surface area contributed by atoms with Crippen molar-refractivity contribution in [2.75, 3.05) is 26.3 Å². The van der Waals surface area contributed by atoms with Crippen LogP contribution in [0.15, 0.2) is 29.1 Å². The minimum atomic E-state index is -0.483. The van der Waals surface area contributed by atoms with Gasteiger partial charge >= 0.3 is 5.69 Å². The van der Waals surface area contributed by atoms with Gasteiger partial charge in [-0.2, -0.15) is 9.36 Å². The van der Waals surface area contributed by atoms with E-state index in [0.717, 1.165) is 9.36 Å². The maximum Gasteiger partial charge on any atom is 0.368 e. The highest BCUT2D eigenvalue weighted by molar-refractivity contribution is 6.30. The number of ether oxygens (including phenoxy) is 1. The predicted octanol–water partition coefficient (Wildman–Crippen LogP) is -0.0588. The molecule has 0 spiro atoms. The van der Waals surface area contributed by atoms with Crippen molar-refractivity contribution in [2.45, 2.75) is 6.54 Å². The van der Waals surface area contributed by atoms with E-state index in [-0.39, 0.29) is 12.5 Å². The number of halogens is 1. The van der Waals surface area contributed by atoms with Gasteiger partial charge in [0.15, 0.2) is 0 Å². The molecule has 22 heavy (non-hydrogen) atoms. The Hall–Kier alpha value is -2.19. The van der Waals surface area contributed by atoms with Gasteiger partial charge < -0.3 is 9.64 Å². The van der Waals surface area contributed by atoms with E-state index in [1.165, 1.54) is 0 Å². The number of tetrazole rings is 1. The van der Waals surface area contributed by atoms with Crippen molar-refractivity contribution in [2.24, 2.45) is 0 Å². The molecule has 0 saturated carbocycles. The molecular weight excluding hydrogens is 310 g/mol. The van der Waals surface area contributed by atoms with Gasteiger partial charge in [-0.1, -0.05) is 17.7 Å². The van der Waals surface area contributed by atoms with Crippen molar-refractivity contribution in [3.63, 3.8) is 0 Å². The third kappa shape index (κ3) is 3.02. The van der Waals surface area contributed by atoms with Gasteiger partial charge in [-0.05, 0) is 28.6 Å². The molecule has 1 aliphatic heterocycles. The number of hydrogen-bond donors (Lipinski definition) is 0. The number of benzene rings is 1. The Balaban J connectivity index is 1.79. The fourth-order valence-electron chi connectivity index (χ4n) is 2.18. The number of carbonyl (C=O) groups excluding carboxylic acids is 1. The van der Waals surface area contributed by atoms with Gasteiger partial charge in [-0.15, -0.1) is 0 Å². The number of nitrogens with zero attached hydrogens (tertiary/aromatic N) is 5. The van der Waals surface area contributed by atoms with Crippen molar-refractivity contribution in [1.82, 2.24) is 24.7 Å². The molecule has 116 valence electrons. The van der Waals surface area contributed by atoms with E-state index in [1.807, 2.05) is 0 Å². The maximum atomic E-state index is 12.3. The fourth-order valence-corrected chi connectivity index (χ4v) is 2.37. The quantitative estimate of drug-likeness (QED) is 0.790. The molecule has 1 saturated heterocycles. The lowest BCUT2D eigenvalue weighted by atomic mass is 10.3. The van der Waals surface area contributed by atoms with E-state index in [1.54, 1.807) is 29.2 Å². The maximum absolute atomic E-state index is 12.3. The van der Waals surface area contributed by atoms with Gasteiger partial charge in [-0.25, -0.2) is 4.79 Å². The summed E-state index contributed by atoms with van der Waals surface area (Å²) >= 11 is 5.90. The molecule has 1 aromatic carbocycles. The lowest BCUT2D eigenvalue weighted by Crippen LogP contribution is -2.43. The first-order chi connectivity index (χ1) is 10.6. The van der Waals surface area contributed by atoms with Crippen LogP contribution in [0.1, 0.15) is 0 Å². The van der Waals surface area contributed by atoms with Gasteiger partial charge in [0.05, 0.1) is 18.9 Å². The Bertz CT molecular complexity index is 735. The zero-order valence-corrected chi connectivity index (χ0v) is 12.4. The highest BCUT2D eigenvalue weighted by atomic mass is 35.5. The summed E-state index contributed by atoms with van der Waals surface area (Å²) in [5.74, 6) is -0.177. The standard InChI is InChI=1S/C13H14ClN5O3/c14-10-2-1-3-11(8-10)19-13(21)18(15-16-19)9-12(20)17-4-6-22-7-5-17/h1-3,8H,4-7,9H2. The summed E-state index contributed by atoms with van der Waals surface area (Å²) in [6.45, 7) is 1.93. The Kier molecular flexibility index (Phi) is 4.21. The van der Waals surface area contributed by atoms with Crippen LogP contribution in [0.4, 0.5) is 0 Å². The van der Waals surface area contributed by atoms with Crippen LogP contribution >= 0.6 is 11.6 Å². The van der Waals surface area contributed by atoms with Crippen LogP contribution in [0, 0.1) is 0 Å². The highest BCUT2D eigenvalue weighted by Gasteiger charge is 2.19. The fraction of sp³-hybridized carbons (Fsp3) is 0.385. The summed E-state index contributed by atoms with van der Waals surface area (Å²) in [6, 6.07) is 6.70. The van der Waals surface area contributed by atoms with E-state index in [4.69, 9.17) is 16.3 Å². The molecule has 8 nitrogen and oxygen atoms in total. The third-order valence-corrected chi connectivity index (χ3v) is 3.58. The van der Waals surface area contributed by atoms with Gasteiger partial charge in [0.2, 0.25) is 5.91 Å². The minimum Gasteiger partial charge on any atom is -0.378 e. The Labute approximate surface area is 130 Å². The SMILES string of the molecule is O=C(Cn1nnn(-c2cccc(Cl)c2)c1=O)N1CCOCC1. The summed E-state index contributed by atoms with van der Waals surface area (Å²) in [7, 11) is 0. The zero-order chi connectivity index (χ0) is 15.5. The van der Waals surface area contributed by atoms with Gasteiger partial charge in [-0.3, -0.25) is 4.79 Å². The number of rotatable bonds is 3. The van der Waals surface area contributed by atoms with Crippen molar-refractivity contribution in [1.29, 1.82) is 0 Å². The first-order valence-electron chi connectivity index (χ1n) is 6.79. The van der Waals surface area contributed by atoms with Crippen molar-refractivity contribution < 1.29 is 9.53 Å². The summed E-state index contributed by atoms with van der Waals surface area (Å²) in [4.78, 5) is 26.0. The topological polar surface area (TPSA) is 82.2 Å². The number of hydrogen-bond acceptors (Lipinski definition) is 5. The lowest BCUT2D eigenvalue weighted by molar-refractivity contribution is -0.136. The zero-order valence-electron chi connectivity index (χ0n) is 11.7. The van der Waals surface area contributed by atoms with E-state index in [2.05, 4.69) is 10.4 Å². The molecule has 1 aliphatic rings. The molecular formula is C13H14ClN5O3. The lowest BCUT2D eigenvalue weighted by Gasteiger charge is -2.26. The summed E-state index contributed by atoms with van der Waals surface area (Å²) in [6.07, 6.45) is 0. The molecule has 0 N–H and O–H groups in total. The number of morpholine rings is 1. The number of aromatic nitrogens is 4. The third-order valence-electron chi connectivity index (χ3n) is 3.34. The molecule has 1 aromatic heterocycles. The van der Waals surface area contributed by atoms with Crippen LogP contribution in [0.2, 0.25) is 5.02 Å². The molecule has 0 radical (unpaired) electrons. The van der Waals surface area contributed by atoms with E-state index in [0.29, 0.717) is 37.0 Å². The second-order valence-electron chi connectivity index (χ2n) is 4.80. The summed E-state index contributed by atoms with van der Waals surface area (Å²) in [5, 5.41) is 8.03. The summed E-state index contributed by atoms with van der Waals surface area (Å²) in [5.41, 5.74) is 0.0199. The molecule has 9 heteroatoms. The van der Waals surface area contributed by atoms with Crippen molar-refractivity contribution in [3.8, 4) is 5.69 Å². The van der Waals surface area contributed by atoms with E-state index >= 15 is 0 Å². The predicted molar refractivity (Wildman–Crippen MR) is 78.0 cm³/mol. The molecule has 0 aliphatic carbocycles. The molecule has 2 heterocycles. The number of amides is 1. The van der Waals surface area contributed by atoms with Crippen LogP contribution in [0.5, 0.6) is 0 Å². The highest BCUT2D eigenvalue weighted by Crippen LogP contribution is 2.12. The Morgan fingerprint density at radius 2 is 2.05 bits per heavy atom. The van der Waals surface area contributed by atoms with Gasteiger partial charge in [0.1, 0.15) is 6.54 Å². The van der Waals surface area contributed by atoms with Crippen LogP contribution in [-0.4, -0.2) is 56.9 Å². The average Bonchev–Trinajstić information content (AvgIpc) is 2.89. The Morgan fingerprint density at radius 1 is 1.27 bits per heavy atom. The number of carbonyl (C=O) groups is 1. The smallest absolute Gasteiger partial charge is 0.368 e. The minimum absolute atomic E-state index is 0.139. The first-order valence-corrected chi connectivity index (χ1v) is 7.17. The molecule has 1 fully saturated rings. The van der Waals surface area contributed by atoms with Gasteiger partial charge in [0, 0.05) is 18.1 Å². The molecule has 0 unspecified atom stereocenters. The molecule has 2 aromatic rings. The second kappa shape index (κ2) is 6.29. The molecule has 0 atom stereocenters. The molecule has 0 bridgehead atoms. The second-order valence-corrected chi connectivity index (χ2v) is 5.24. The van der Waals surface area contributed by atoms with Crippen molar-refractivity contribution in [3.05, 3.63) is 39.8 Å². The largest absolute Gasteiger partial charge is 0.378 e. The molecule has 3 rings (SSSR count). The van der Waals surface area contributed by atoms with E-state index < -0.39 is 5.69 Å². The van der Waals surface area contributed by atoms with Crippen LogP contribution in [-0.2, 0) is 16.1 Å². The van der Waals surface area contributed by atoms with E-state index in [9.17, 15) is 9.59 Å². The van der Waals surface area contributed by atoms with Gasteiger partial charge in [0.25, 0.3) is 0 Å². The van der Waals surface area contributed by atoms with Crippen LogP contribution in [0.3, 0.4) is 0 Å². The average molecular weight is 324 g/mol. The normalized spacial score (nSPS) is 15.0. The first kappa shape index (κ1) is 14.7. The molecule has 1 amide bonds. The van der Waals surface area contributed by atoms with Crippen LogP contribution in [0.25, 0.3) is 5.69 Å². The van der Waals surface area contributed by atoms with Crippen LogP contribution < -0.4 is 5.69 Å². The van der Waals surface area contributed by atoms with Crippen molar-refractivity contribution >= 4 is 17.5 Å².